The van der Waals surface area contributed by atoms with Crippen LogP contribution in [-0.2, 0) is 15.8 Å². The first-order valence-electron chi connectivity index (χ1n) is 14.5. The second-order valence-electron chi connectivity index (χ2n) is 11.3. The summed E-state index contributed by atoms with van der Waals surface area (Å²) in [6, 6.07) is 21.2. The number of aromatic nitrogens is 1. The van der Waals surface area contributed by atoms with Crippen LogP contribution in [-0.4, -0.2) is 53.8 Å². The van der Waals surface area contributed by atoms with Gasteiger partial charge in [-0.25, -0.2) is 9.37 Å². The maximum atomic E-state index is 13.8. The monoisotopic (exact) mass is 614 g/mol. The molecule has 0 fully saturated rings. The van der Waals surface area contributed by atoms with Crippen LogP contribution < -0.4 is 19.5 Å². The number of anilines is 1. The Kier molecular flexibility index (Phi) is 9.17. The minimum atomic E-state index is -1.59. The van der Waals surface area contributed by atoms with Gasteiger partial charge in [0.1, 0.15) is 41.5 Å². The van der Waals surface area contributed by atoms with Gasteiger partial charge in [-0.1, -0.05) is 18.2 Å². The average Bonchev–Trinajstić information content (AvgIpc) is 3.40. The van der Waals surface area contributed by atoms with Crippen LogP contribution >= 0.6 is 0 Å². The molecule has 0 radical (unpaired) electrons. The van der Waals surface area contributed by atoms with Gasteiger partial charge in [-0.3, -0.25) is 9.59 Å². The Morgan fingerprint density at radius 2 is 1.80 bits per heavy atom. The van der Waals surface area contributed by atoms with E-state index in [2.05, 4.69) is 5.32 Å². The number of nitrogens with one attached hydrogen (secondary N) is 1. The molecular weight excluding hydrogens is 579 g/mol. The molecule has 3 aromatic carbocycles. The third-order valence-electron chi connectivity index (χ3n) is 7.95. The summed E-state index contributed by atoms with van der Waals surface area (Å²) < 4.78 is 30.7. The number of Topliss-reactive ketones (excluding diaryl/α,β-unsaturated/α-hetero) is 1. The van der Waals surface area contributed by atoms with Crippen LogP contribution in [0.1, 0.15) is 48.3 Å². The largest absolute Gasteiger partial charge is 0.493 e. The molecule has 4 aromatic rings. The van der Waals surface area contributed by atoms with E-state index in [0.717, 1.165) is 0 Å². The second-order valence-corrected chi connectivity index (χ2v) is 11.3. The molecule has 1 aromatic heterocycles. The van der Waals surface area contributed by atoms with Gasteiger partial charge in [-0.2, -0.15) is 0 Å². The van der Waals surface area contributed by atoms with Crippen molar-refractivity contribution in [2.45, 2.75) is 37.7 Å². The summed E-state index contributed by atoms with van der Waals surface area (Å²) in [6.45, 7) is 3.27. The van der Waals surface area contributed by atoms with Crippen LogP contribution in [0, 0.1) is 5.82 Å². The summed E-state index contributed by atoms with van der Waals surface area (Å²) in [7, 11) is 1.45. The molecule has 9 nitrogen and oxygen atoms in total. The van der Waals surface area contributed by atoms with Gasteiger partial charge in [0.15, 0.2) is 17.3 Å². The number of benzene rings is 3. The Balaban J connectivity index is 1.46. The van der Waals surface area contributed by atoms with Crippen molar-refractivity contribution < 1.29 is 38.4 Å². The van der Waals surface area contributed by atoms with E-state index in [1.54, 1.807) is 62.4 Å². The van der Waals surface area contributed by atoms with E-state index in [4.69, 9.17) is 24.3 Å². The van der Waals surface area contributed by atoms with Crippen molar-refractivity contribution in [1.29, 1.82) is 0 Å². The van der Waals surface area contributed by atoms with E-state index in [1.165, 1.54) is 19.2 Å². The minimum Gasteiger partial charge on any atom is -0.493 e. The molecule has 1 aliphatic heterocycles. The standard InChI is InChI=1S/C35H35FN2O7/c1-34(33(41)37-25-7-5-4-6-8-25)21-45-32-26(34)20-30(38-31(32)22-9-12-24(36)13-10-22)35(2,42)16-15-27(40)23-11-14-28(44-18-17-39)29(19-23)43-3/h4-14,19-20,39,42H,15-18,21H2,1-3H3,(H,37,41)/t34-,35-/m0/s1. The number of hydrogen-bond donors (Lipinski definition) is 3. The topological polar surface area (TPSA) is 127 Å². The number of nitrogens with zero attached hydrogens (tertiary/aromatic N) is 1. The Labute approximate surface area is 260 Å². The molecule has 10 heteroatoms. The van der Waals surface area contributed by atoms with E-state index in [1.807, 2.05) is 18.2 Å². The Hall–Kier alpha value is -4.80. The molecule has 1 aliphatic rings. The average molecular weight is 615 g/mol. The Morgan fingerprint density at radius 1 is 1.07 bits per heavy atom. The first-order chi connectivity index (χ1) is 21.6. The van der Waals surface area contributed by atoms with Gasteiger partial charge in [-0.05, 0) is 80.9 Å². The lowest BCUT2D eigenvalue weighted by Gasteiger charge is -2.26. The molecule has 0 unspecified atom stereocenters. The number of fused-ring (bicyclic) bond motifs is 1. The quantitative estimate of drug-likeness (QED) is 0.181. The SMILES string of the molecule is COc1cc(C(=O)CC[C@](C)(O)c2cc3c(c(-c4ccc(F)cc4)n2)OC[C@]3(C)C(=O)Nc2ccccc2)ccc1OCCO. The smallest absolute Gasteiger partial charge is 0.238 e. The summed E-state index contributed by atoms with van der Waals surface area (Å²) in [6.07, 6.45) is -0.0146. The number of aliphatic hydroxyl groups is 2. The molecule has 0 spiro atoms. The normalized spacial score (nSPS) is 16.7. The van der Waals surface area contributed by atoms with Gasteiger partial charge in [0.05, 0.1) is 19.4 Å². The number of aliphatic hydroxyl groups excluding tert-OH is 1. The number of halogens is 1. The molecular formula is C35H35FN2O7. The number of carbonyl (C=O) groups is 2. The number of para-hydroxylation sites is 1. The Morgan fingerprint density at radius 3 is 2.49 bits per heavy atom. The van der Waals surface area contributed by atoms with Crippen molar-refractivity contribution in [3.63, 3.8) is 0 Å². The van der Waals surface area contributed by atoms with Gasteiger partial charge in [0.2, 0.25) is 5.91 Å². The molecule has 0 aliphatic carbocycles. The number of amides is 1. The summed E-state index contributed by atoms with van der Waals surface area (Å²) >= 11 is 0. The summed E-state index contributed by atoms with van der Waals surface area (Å²) in [5, 5.41) is 23.7. The van der Waals surface area contributed by atoms with Crippen LogP contribution in [0.25, 0.3) is 11.3 Å². The number of ether oxygens (including phenoxy) is 3. The van der Waals surface area contributed by atoms with Crippen LogP contribution in [0.15, 0.2) is 78.9 Å². The van der Waals surface area contributed by atoms with Crippen LogP contribution in [0.4, 0.5) is 10.1 Å². The summed E-state index contributed by atoms with van der Waals surface area (Å²) in [5.41, 5.74) is -0.0735. The van der Waals surface area contributed by atoms with Gasteiger partial charge >= 0.3 is 0 Å². The highest BCUT2D eigenvalue weighted by Gasteiger charge is 2.46. The number of carbonyl (C=O) groups excluding carboxylic acids is 2. The predicted octanol–water partition coefficient (Wildman–Crippen LogP) is 5.43. The first-order valence-corrected chi connectivity index (χ1v) is 14.5. The fourth-order valence-electron chi connectivity index (χ4n) is 5.19. The molecule has 234 valence electrons. The van der Waals surface area contributed by atoms with Gasteiger partial charge in [0, 0.05) is 28.8 Å². The summed E-state index contributed by atoms with van der Waals surface area (Å²) in [4.78, 5) is 31.6. The predicted molar refractivity (Wildman–Crippen MR) is 166 cm³/mol. The van der Waals surface area contributed by atoms with E-state index >= 15 is 0 Å². The number of hydrogen-bond acceptors (Lipinski definition) is 8. The fourth-order valence-corrected chi connectivity index (χ4v) is 5.19. The Bertz CT molecular complexity index is 1690. The number of pyridine rings is 1. The van der Waals surface area contributed by atoms with Crippen LogP contribution in [0.3, 0.4) is 0 Å². The molecule has 45 heavy (non-hydrogen) atoms. The lowest BCUT2D eigenvalue weighted by Crippen LogP contribution is -2.39. The van der Waals surface area contributed by atoms with E-state index in [0.29, 0.717) is 45.3 Å². The minimum absolute atomic E-state index is 0.0132. The molecule has 0 bridgehead atoms. The fraction of sp³-hybridized carbons (Fsp3) is 0.286. The van der Waals surface area contributed by atoms with Crippen LogP contribution in [0.5, 0.6) is 17.2 Å². The third-order valence-corrected chi connectivity index (χ3v) is 7.95. The van der Waals surface area contributed by atoms with E-state index < -0.39 is 16.8 Å². The van der Waals surface area contributed by atoms with Crippen molar-refractivity contribution in [1.82, 2.24) is 4.98 Å². The molecule has 5 rings (SSSR count). The van der Waals surface area contributed by atoms with Gasteiger partial charge < -0.3 is 29.7 Å². The van der Waals surface area contributed by atoms with Crippen LogP contribution in [0.2, 0.25) is 0 Å². The number of rotatable bonds is 12. The highest BCUT2D eigenvalue weighted by atomic mass is 19.1. The van der Waals surface area contributed by atoms with E-state index in [-0.39, 0.29) is 50.0 Å². The van der Waals surface area contributed by atoms with Gasteiger partial charge in [-0.15, -0.1) is 0 Å². The lowest BCUT2D eigenvalue weighted by molar-refractivity contribution is -0.121. The third kappa shape index (κ3) is 6.67. The zero-order valence-corrected chi connectivity index (χ0v) is 25.3. The molecule has 1 amide bonds. The van der Waals surface area contributed by atoms with Crippen molar-refractivity contribution in [3.8, 4) is 28.5 Å². The molecule has 3 N–H and O–H groups in total. The van der Waals surface area contributed by atoms with Crippen molar-refractivity contribution >= 4 is 17.4 Å². The molecule has 2 heterocycles. The zero-order chi connectivity index (χ0) is 32.2. The zero-order valence-electron chi connectivity index (χ0n) is 25.3. The molecule has 2 atom stereocenters. The molecule has 0 saturated carbocycles. The number of ketones is 1. The first kappa shape index (κ1) is 31.6. The lowest BCUT2D eigenvalue weighted by atomic mass is 9.81. The van der Waals surface area contributed by atoms with Crippen molar-refractivity contribution in [2.24, 2.45) is 0 Å². The van der Waals surface area contributed by atoms with Gasteiger partial charge in [0.25, 0.3) is 0 Å². The van der Waals surface area contributed by atoms with E-state index in [9.17, 15) is 19.1 Å². The second kappa shape index (κ2) is 13.1. The highest BCUT2D eigenvalue weighted by Crippen LogP contribution is 2.46. The van der Waals surface area contributed by atoms with Crippen molar-refractivity contribution in [2.75, 3.05) is 32.2 Å². The maximum absolute atomic E-state index is 13.8. The maximum Gasteiger partial charge on any atom is 0.238 e. The number of methoxy groups -OCH3 is 1. The summed E-state index contributed by atoms with van der Waals surface area (Å²) in [5.74, 6) is 0.154. The molecule has 0 saturated heterocycles. The highest BCUT2D eigenvalue weighted by molar-refractivity contribution is 6.00. The van der Waals surface area contributed by atoms with Crippen molar-refractivity contribution in [3.05, 3.63) is 102 Å².